The highest BCUT2D eigenvalue weighted by molar-refractivity contribution is 8.01. The van der Waals surface area contributed by atoms with Crippen molar-refractivity contribution in [1.29, 1.82) is 0 Å². The fourth-order valence-corrected chi connectivity index (χ4v) is 3.34. The molecule has 0 atom stereocenters. The summed E-state index contributed by atoms with van der Waals surface area (Å²) in [5.74, 6) is -0.392. The molecule has 0 amide bonds. The minimum Gasteiger partial charge on any atom is -0.478 e. The minimum absolute atomic E-state index is 0.267. The van der Waals surface area contributed by atoms with Crippen LogP contribution in [0.25, 0.3) is 0 Å². The lowest BCUT2D eigenvalue weighted by Crippen LogP contribution is -1.94. The Morgan fingerprint density at radius 2 is 2.26 bits per heavy atom. The highest BCUT2D eigenvalue weighted by Crippen LogP contribution is 2.32. The number of pyridine rings is 1. The largest absolute Gasteiger partial charge is 0.478 e. The van der Waals surface area contributed by atoms with E-state index in [2.05, 4.69) is 9.97 Å². The van der Waals surface area contributed by atoms with Gasteiger partial charge in [-0.3, -0.25) is 0 Å². The second-order valence-corrected chi connectivity index (χ2v) is 5.82. The van der Waals surface area contributed by atoms with Crippen molar-refractivity contribution in [1.82, 2.24) is 9.97 Å². The van der Waals surface area contributed by atoms with Gasteiger partial charge in [-0.2, -0.15) is 0 Å². The van der Waals surface area contributed by atoms with Crippen molar-refractivity contribution in [3.8, 4) is 5.88 Å². The third kappa shape index (κ3) is 3.45. The van der Waals surface area contributed by atoms with Gasteiger partial charge < -0.3 is 9.84 Å². The maximum Gasteiger partial charge on any atom is 0.347 e. The first-order valence-corrected chi connectivity index (χ1v) is 7.22. The summed E-state index contributed by atoms with van der Waals surface area (Å²) in [7, 11) is 0. The summed E-state index contributed by atoms with van der Waals surface area (Å²) in [6, 6.07) is 5.46. The molecule has 0 aliphatic rings. The molecule has 5 nitrogen and oxygen atoms in total. The standard InChI is InChI=1S/C12H12N2O3S2/c1-3-17-8-5-4-6-9(14-8)18-12-13-7(2)10(19-12)11(15)16/h4-6H,3H2,1-2H3,(H,15,16). The Labute approximate surface area is 118 Å². The molecule has 0 aliphatic heterocycles. The van der Waals surface area contributed by atoms with Gasteiger partial charge in [0, 0.05) is 6.07 Å². The Bertz CT molecular complexity index is 598. The highest BCUT2D eigenvalue weighted by Gasteiger charge is 2.15. The lowest BCUT2D eigenvalue weighted by molar-refractivity contribution is 0.0701. The molecule has 2 heterocycles. The SMILES string of the molecule is CCOc1cccc(Sc2nc(C)c(C(=O)O)s2)n1. The molecule has 0 aliphatic carbocycles. The maximum atomic E-state index is 11.0. The van der Waals surface area contributed by atoms with Crippen LogP contribution in [0.3, 0.4) is 0 Å². The average Bonchev–Trinajstić information content (AvgIpc) is 2.71. The summed E-state index contributed by atoms with van der Waals surface area (Å²) in [5.41, 5.74) is 0.529. The normalized spacial score (nSPS) is 10.4. The predicted molar refractivity (Wildman–Crippen MR) is 73.3 cm³/mol. The molecule has 0 spiro atoms. The van der Waals surface area contributed by atoms with Crippen LogP contribution < -0.4 is 4.74 Å². The van der Waals surface area contributed by atoms with E-state index in [0.29, 0.717) is 22.5 Å². The van der Waals surface area contributed by atoms with Gasteiger partial charge in [0.25, 0.3) is 0 Å². The number of carboxylic acid groups (broad SMARTS) is 1. The van der Waals surface area contributed by atoms with Crippen LogP contribution >= 0.6 is 23.1 Å². The van der Waals surface area contributed by atoms with E-state index in [0.717, 1.165) is 16.4 Å². The molecule has 0 radical (unpaired) electrons. The van der Waals surface area contributed by atoms with Crippen LogP contribution in [0.4, 0.5) is 0 Å². The number of nitrogens with zero attached hydrogens (tertiary/aromatic N) is 2. The lowest BCUT2D eigenvalue weighted by atomic mass is 10.4. The second kappa shape index (κ2) is 6.03. The summed E-state index contributed by atoms with van der Waals surface area (Å²) in [4.78, 5) is 19.7. The number of aromatic carboxylic acids is 1. The highest BCUT2D eigenvalue weighted by atomic mass is 32.2. The van der Waals surface area contributed by atoms with Crippen LogP contribution in [0, 0.1) is 6.92 Å². The van der Waals surface area contributed by atoms with E-state index in [1.807, 2.05) is 19.1 Å². The zero-order valence-corrected chi connectivity index (χ0v) is 12.0. The number of carboxylic acids is 1. The molecular formula is C12H12N2O3S2. The van der Waals surface area contributed by atoms with E-state index >= 15 is 0 Å². The van der Waals surface area contributed by atoms with Gasteiger partial charge in [-0.15, -0.1) is 0 Å². The quantitative estimate of drug-likeness (QED) is 0.914. The smallest absolute Gasteiger partial charge is 0.347 e. The summed E-state index contributed by atoms with van der Waals surface area (Å²) in [5, 5.41) is 9.72. The van der Waals surface area contributed by atoms with Gasteiger partial charge in [0.2, 0.25) is 5.88 Å². The molecule has 100 valence electrons. The Kier molecular flexibility index (Phi) is 4.39. The van der Waals surface area contributed by atoms with Crippen LogP contribution in [0.15, 0.2) is 27.6 Å². The summed E-state index contributed by atoms with van der Waals surface area (Å²) in [6.07, 6.45) is 0. The van der Waals surface area contributed by atoms with E-state index < -0.39 is 5.97 Å². The first kappa shape index (κ1) is 13.8. The molecule has 0 saturated carbocycles. The summed E-state index contributed by atoms with van der Waals surface area (Å²) < 4.78 is 5.98. The Hall–Kier alpha value is -1.60. The average molecular weight is 296 g/mol. The van der Waals surface area contributed by atoms with Gasteiger partial charge in [-0.25, -0.2) is 14.8 Å². The Balaban J connectivity index is 2.19. The molecule has 7 heteroatoms. The van der Waals surface area contributed by atoms with Crippen molar-refractivity contribution >= 4 is 29.1 Å². The maximum absolute atomic E-state index is 11.0. The summed E-state index contributed by atoms with van der Waals surface area (Å²) >= 11 is 2.49. The monoisotopic (exact) mass is 296 g/mol. The fourth-order valence-electron chi connectivity index (χ4n) is 1.38. The number of carbonyl (C=O) groups is 1. The molecule has 0 unspecified atom stereocenters. The number of thiazole rings is 1. The van der Waals surface area contributed by atoms with Crippen molar-refractivity contribution in [2.45, 2.75) is 23.2 Å². The fraction of sp³-hybridized carbons (Fsp3) is 0.250. The molecule has 2 rings (SSSR count). The molecule has 1 N–H and O–H groups in total. The van der Waals surface area contributed by atoms with Gasteiger partial charge in [-0.1, -0.05) is 17.4 Å². The van der Waals surface area contributed by atoms with Crippen LogP contribution in [-0.2, 0) is 0 Å². The topological polar surface area (TPSA) is 72.3 Å². The third-order valence-electron chi connectivity index (χ3n) is 2.15. The zero-order valence-electron chi connectivity index (χ0n) is 10.4. The van der Waals surface area contributed by atoms with E-state index in [1.165, 1.54) is 11.8 Å². The van der Waals surface area contributed by atoms with Gasteiger partial charge >= 0.3 is 5.97 Å². The number of rotatable bonds is 5. The summed E-state index contributed by atoms with van der Waals surface area (Å²) in [6.45, 7) is 4.14. The van der Waals surface area contributed by atoms with Crippen LogP contribution in [-0.4, -0.2) is 27.7 Å². The van der Waals surface area contributed by atoms with E-state index in [1.54, 1.807) is 13.0 Å². The van der Waals surface area contributed by atoms with Crippen LogP contribution in [0.5, 0.6) is 5.88 Å². The predicted octanol–water partition coefficient (Wildman–Crippen LogP) is 3.09. The number of ether oxygens (including phenoxy) is 1. The molecule has 2 aromatic rings. The molecular weight excluding hydrogens is 284 g/mol. The Morgan fingerprint density at radius 1 is 1.47 bits per heavy atom. The molecule has 2 aromatic heterocycles. The van der Waals surface area contributed by atoms with Crippen LogP contribution in [0.1, 0.15) is 22.3 Å². The van der Waals surface area contributed by atoms with E-state index in [4.69, 9.17) is 9.84 Å². The van der Waals surface area contributed by atoms with Gasteiger partial charge in [0.05, 0.1) is 12.3 Å². The minimum atomic E-state index is -0.946. The van der Waals surface area contributed by atoms with Gasteiger partial charge in [0.1, 0.15) is 9.90 Å². The van der Waals surface area contributed by atoms with Crippen molar-refractivity contribution in [2.75, 3.05) is 6.61 Å². The van der Waals surface area contributed by atoms with E-state index in [9.17, 15) is 4.79 Å². The molecule has 0 fully saturated rings. The molecule has 0 aromatic carbocycles. The molecule has 0 saturated heterocycles. The van der Waals surface area contributed by atoms with Crippen LogP contribution in [0.2, 0.25) is 0 Å². The van der Waals surface area contributed by atoms with Gasteiger partial charge in [0.15, 0.2) is 4.34 Å². The van der Waals surface area contributed by atoms with Crippen molar-refractivity contribution in [3.05, 3.63) is 28.8 Å². The van der Waals surface area contributed by atoms with Gasteiger partial charge in [-0.05, 0) is 31.7 Å². The van der Waals surface area contributed by atoms with Crippen molar-refractivity contribution in [2.24, 2.45) is 0 Å². The molecule has 0 bridgehead atoms. The first-order valence-electron chi connectivity index (χ1n) is 5.58. The number of hydrogen-bond acceptors (Lipinski definition) is 6. The van der Waals surface area contributed by atoms with E-state index in [-0.39, 0.29) is 4.88 Å². The number of hydrogen-bond donors (Lipinski definition) is 1. The van der Waals surface area contributed by atoms with Crippen molar-refractivity contribution in [3.63, 3.8) is 0 Å². The van der Waals surface area contributed by atoms with Crippen molar-refractivity contribution < 1.29 is 14.6 Å². The second-order valence-electron chi connectivity index (χ2n) is 3.55. The third-order valence-corrected chi connectivity index (χ3v) is 4.30. The lowest BCUT2D eigenvalue weighted by Gasteiger charge is -2.02. The zero-order chi connectivity index (χ0) is 13.8. The number of aryl methyl sites for hydroxylation is 1. The first-order chi connectivity index (χ1) is 9.10. The molecule has 19 heavy (non-hydrogen) atoms. The number of aromatic nitrogens is 2. The Morgan fingerprint density at radius 3 is 2.89 bits per heavy atom.